The van der Waals surface area contributed by atoms with E-state index in [9.17, 15) is 0 Å². The van der Waals surface area contributed by atoms with Crippen molar-refractivity contribution in [3.05, 3.63) is 127 Å². The first-order valence-corrected chi connectivity index (χ1v) is 12.9. The largest absolute Gasteiger partial charge is 0.397 e. The van der Waals surface area contributed by atoms with E-state index in [-0.39, 0.29) is 0 Å². The summed E-state index contributed by atoms with van der Waals surface area (Å²) in [4.78, 5) is 14.7. The van der Waals surface area contributed by atoms with E-state index in [0.29, 0.717) is 17.5 Å². The van der Waals surface area contributed by atoms with Crippen LogP contribution >= 0.6 is 0 Å². The van der Waals surface area contributed by atoms with Gasteiger partial charge in [0.25, 0.3) is 0 Å². The van der Waals surface area contributed by atoms with Crippen molar-refractivity contribution in [2.24, 2.45) is 0 Å². The number of fused-ring (bicyclic) bond motifs is 3. The topological polar surface area (TPSA) is 69.6 Å². The first kappa shape index (κ1) is 22.9. The fraction of sp³-hybridized carbons (Fsp3) is 0.0294. The molecule has 0 aliphatic heterocycles. The summed E-state index contributed by atoms with van der Waals surface area (Å²) in [6.07, 6.45) is 0. The van der Waals surface area contributed by atoms with Crippen LogP contribution in [0.3, 0.4) is 0 Å². The zero-order valence-corrected chi connectivity index (χ0v) is 21.4. The molecule has 2 heterocycles. The lowest BCUT2D eigenvalue weighted by Gasteiger charge is -2.13. The molecule has 0 unspecified atom stereocenters. The number of nitrogens with two attached hydrogens (primary N) is 1. The summed E-state index contributed by atoms with van der Waals surface area (Å²) in [6.45, 7) is 2.05. The smallest absolute Gasteiger partial charge is 0.164 e. The number of aryl methyl sites for hydroxylation is 1. The highest BCUT2D eigenvalue weighted by Gasteiger charge is 2.17. The lowest BCUT2D eigenvalue weighted by atomic mass is 10.1. The lowest BCUT2D eigenvalue weighted by Crippen LogP contribution is -2.02. The van der Waals surface area contributed by atoms with E-state index < -0.39 is 0 Å². The number of hydrogen-bond acceptors (Lipinski definition) is 4. The molecule has 2 N–H and O–H groups in total. The molecule has 7 rings (SSSR count). The minimum atomic E-state index is 0.620. The van der Waals surface area contributed by atoms with Crippen LogP contribution in [-0.4, -0.2) is 19.5 Å². The summed E-state index contributed by atoms with van der Waals surface area (Å²) < 4.78 is 2.24. The molecule has 39 heavy (non-hydrogen) atoms. The fourth-order valence-corrected chi connectivity index (χ4v) is 5.17. The Labute approximate surface area is 226 Å². The molecule has 0 saturated heterocycles. The predicted molar refractivity (Wildman–Crippen MR) is 160 cm³/mol. The molecule has 2 aromatic heterocycles. The summed E-state index contributed by atoms with van der Waals surface area (Å²) in [5.74, 6) is 1.90. The van der Waals surface area contributed by atoms with Gasteiger partial charge in [0.05, 0.1) is 16.7 Å². The third kappa shape index (κ3) is 3.92. The van der Waals surface area contributed by atoms with Gasteiger partial charge in [0.15, 0.2) is 17.5 Å². The summed E-state index contributed by atoms with van der Waals surface area (Å²) in [5, 5.41) is 2.31. The van der Waals surface area contributed by atoms with Gasteiger partial charge in [-0.1, -0.05) is 103 Å². The zero-order chi connectivity index (χ0) is 26.3. The molecular formula is C34H25N5. The lowest BCUT2D eigenvalue weighted by molar-refractivity contribution is 1.07. The molecule has 5 heteroatoms. The zero-order valence-electron chi connectivity index (χ0n) is 21.4. The Kier molecular flexibility index (Phi) is 5.41. The molecule has 0 spiro atoms. The number of rotatable bonds is 4. The predicted octanol–water partition coefficient (Wildman–Crippen LogP) is 7.86. The molecule has 5 aromatic carbocycles. The van der Waals surface area contributed by atoms with E-state index in [4.69, 9.17) is 20.7 Å². The molecule has 0 aliphatic rings. The van der Waals surface area contributed by atoms with Gasteiger partial charge in [-0.3, -0.25) is 0 Å². The standard InChI is InChI=1S/C34H25N5/c1-22-19-20-28-27-17-8-9-18-29(27)39(31(28)30(22)35)26-16-10-15-25(21-26)34-37-32(23-11-4-2-5-12-23)36-33(38-34)24-13-6-3-7-14-24/h2-21H,35H2,1H3. The maximum absolute atomic E-state index is 6.68. The van der Waals surface area contributed by atoms with Gasteiger partial charge in [-0.2, -0.15) is 0 Å². The van der Waals surface area contributed by atoms with Gasteiger partial charge in [-0.05, 0) is 30.7 Å². The van der Waals surface area contributed by atoms with Crippen molar-refractivity contribution in [2.75, 3.05) is 5.73 Å². The molecule has 186 valence electrons. The number of anilines is 1. The summed E-state index contributed by atoms with van der Waals surface area (Å²) in [5.41, 5.74) is 14.4. The van der Waals surface area contributed by atoms with Gasteiger partial charge >= 0.3 is 0 Å². The second-order valence-electron chi connectivity index (χ2n) is 9.63. The maximum Gasteiger partial charge on any atom is 0.164 e. The van der Waals surface area contributed by atoms with Crippen molar-refractivity contribution in [3.8, 4) is 39.9 Å². The third-order valence-corrected chi connectivity index (χ3v) is 7.16. The normalized spacial score (nSPS) is 11.3. The number of nitrogen functional groups attached to an aromatic ring is 1. The molecule has 7 aromatic rings. The minimum absolute atomic E-state index is 0.620. The molecular weight excluding hydrogens is 478 g/mol. The molecule has 5 nitrogen and oxygen atoms in total. The SMILES string of the molecule is Cc1ccc2c3ccccc3n(-c3cccc(-c4nc(-c5ccccc5)nc(-c5ccccc5)n4)c3)c2c1N. The van der Waals surface area contributed by atoms with Crippen LogP contribution in [0.15, 0.2) is 121 Å². The van der Waals surface area contributed by atoms with Crippen LogP contribution in [0, 0.1) is 6.92 Å². The second kappa shape index (κ2) is 9.23. The Morgan fingerprint density at radius 3 is 1.77 bits per heavy atom. The van der Waals surface area contributed by atoms with Crippen LogP contribution in [0.5, 0.6) is 0 Å². The summed E-state index contributed by atoms with van der Waals surface area (Å²) in [6, 6.07) is 41.1. The Hall–Kier alpha value is -5.29. The van der Waals surface area contributed by atoms with Crippen LogP contribution in [-0.2, 0) is 0 Å². The number of benzene rings is 5. The maximum atomic E-state index is 6.68. The van der Waals surface area contributed by atoms with Crippen LogP contribution in [0.4, 0.5) is 5.69 Å². The first-order valence-electron chi connectivity index (χ1n) is 12.9. The first-order chi connectivity index (χ1) is 19.2. The summed E-state index contributed by atoms with van der Waals surface area (Å²) in [7, 11) is 0. The monoisotopic (exact) mass is 503 g/mol. The average Bonchev–Trinajstić information content (AvgIpc) is 3.35. The van der Waals surface area contributed by atoms with E-state index in [1.165, 1.54) is 5.39 Å². The molecule has 0 saturated carbocycles. The Balaban J connectivity index is 1.46. The molecule has 0 amide bonds. The van der Waals surface area contributed by atoms with Crippen molar-refractivity contribution in [1.29, 1.82) is 0 Å². The molecule has 0 atom stereocenters. The van der Waals surface area contributed by atoms with Gasteiger partial charge in [0.2, 0.25) is 0 Å². The van der Waals surface area contributed by atoms with Crippen molar-refractivity contribution < 1.29 is 0 Å². The molecule has 0 bridgehead atoms. The number of hydrogen-bond donors (Lipinski definition) is 1. The highest BCUT2D eigenvalue weighted by atomic mass is 15.0. The quantitative estimate of drug-likeness (QED) is 0.248. The van der Waals surface area contributed by atoms with E-state index in [2.05, 4.69) is 53.1 Å². The van der Waals surface area contributed by atoms with Crippen molar-refractivity contribution in [2.45, 2.75) is 6.92 Å². The van der Waals surface area contributed by atoms with Gasteiger partial charge in [0.1, 0.15) is 0 Å². The molecule has 0 fully saturated rings. The van der Waals surface area contributed by atoms with Crippen LogP contribution < -0.4 is 5.73 Å². The highest BCUT2D eigenvalue weighted by molar-refractivity contribution is 6.13. The Morgan fingerprint density at radius 1 is 0.538 bits per heavy atom. The van der Waals surface area contributed by atoms with E-state index in [1.807, 2.05) is 79.7 Å². The fourth-order valence-electron chi connectivity index (χ4n) is 5.17. The van der Waals surface area contributed by atoms with Crippen molar-refractivity contribution >= 4 is 27.5 Å². The van der Waals surface area contributed by atoms with Crippen LogP contribution in [0.1, 0.15) is 5.56 Å². The number of para-hydroxylation sites is 1. The summed E-state index contributed by atoms with van der Waals surface area (Å²) >= 11 is 0. The van der Waals surface area contributed by atoms with Crippen molar-refractivity contribution in [3.63, 3.8) is 0 Å². The van der Waals surface area contributed by atoms with Crippen LogP contribution in [0.25, 0.3) is 61.7 Å². The second-order valence-corrected chi connectivity index (χ2v) is 9.63. The molecule has 0 aliphatic carbocycles. The third-order valence-electron chi connectivity index (χ3n) is 7.16. The van der Waals surface area contributed by atoms with E-state index in [1.54, 1.807) is 0 Å². The minimum Gasteiger partial charge on any atom is -0.397 e. The van der Waals surface area contributed by atoms with Crippen molar-refractivity contribution in [1.82, 2.24) is 19.5 Å². The molecule has 0 radical (unpaired) electrons. The average molecular weight is 504 g/mol. The highest BCUT2D eigenvalue weighted by Crippen LogP contribution is 2.37. The number of nitrogens with zero attached hydrogens (tertiary/aromatic N) is 4. The Morgan fingerprint density at radius 2 is 1.10 bits per heavy atom. The van der Waals surface area contributed by atoms with E-state index in [0.717, 1.165) is 50.0 Å². The Bertz CT molecular complexity index is 1920. The number of aromatic nitrogens is 4. The van der Waals surface area contributed by atoms with Gasteiger partial charge in [-0.25, -0.2) is 15.0 Å². The van der Waals surface area contributed by atoms with E-state index >= 15 is 0 Å². The van der Waals surface area contributed by atoms with Crippen LogP contribution in [0.2, 0.25) is 0 Å². The van der Waals surface area contributed by atoms with Gasteiger partial charge in [-0.15, -0.1) is 0 Å². The van der Waals surface area contributed by atoms with Gasteiger partial charge in [0, 0.05) is 33.2 Å². The van der Waals surface area contributed by atoms with Gasteiger partial charge < -0.3 is 10.3 Å².